The largest absolute Gasteiger partial charge is 0.496 e. The van der Waals surface area contributed by atoms with Crippen LogP contribution < -0.4 is 4.74 Å². The number of hydrogen-bond donors (Lipinski definition) is 0. The van der Waals surface area contributed by atoms with Crippen molar-refractivity contribution in [2.24, 2.45) is 0 Å². The maximum Gasteiger partial charge on any atom is 0.197 e. The van der Waals surface area contributed by atoms with E-state index in [9.17, 15) is 4.79 Å². The first kappa shape index (κ1) is 15.8. The molecule has 0 bridgehead atoms. The van der Waals surface area contributed by atoms with Crippen molar-refractivity contribution in [1.29, 1.82) is 0 Å². The second kappa shape index (κ2) is 7.42. The molecule has 3 rings (SSSR count). The maximum absolute atomic E-state index is 13.0. The highest BCUT2D eigenvalue weighted by atomic mass is 16.5. The fourth-order valence-corrected chi connectivity index (χ4v) is 3.22. The molecule has 1 heterocycles. The second-order valence-electron chi connectivity index (χ2n) is 6.02. The molecule has 0 aromatic heterocycles. The van der Waals surface area contributed by atoms with Gasteiger partial charge in [-0.25, -0.2) is 0 Å². The standard InChI is InChI=1S/C20H23NO2/c1-23-19-12-6-5-11-18(19)20(22)17-10-4-3-9-16(17)15-21-13-7-2-8-14-21/h3-6,9-12H,2,7-8,13-15H2,1H3. The number of methoxy groups -OCH3 is 1. The van der Waals surface area contributed by atoms with Gasteiger partial charge in [-0.15, -0.1) is 0 Å². The van der Waals surface area contributed by atoms with Crippen molar-refractivity contribution in [3.05, 3.63) is 65.2 Å². The highest BCUT2D eigenvalue weighted by molar-refractivity contribution is 6.11. The number of ether oxygens (including phenoxy) is 1. The average Bonchev–Trinajstić information content (AvgIpc) is 2.62. The van der Waals surface area contributed by atoms with E-state index in [2.05, 4.69) is 11.0 Å². The minimum Gasteiger partial charge on any atom is -0.496 e. The van der Waals surface area contributed by atoms with Gasteiger partial charge in [-0.05, 0) is 43.6 Å². The molecule has 0 atom stereocenters. The van der Waals surface area contributed by atoms with Crippen molar-refractivity contribution >= 4 is 5.78 Å². The number of nitrogens with zero attached hydrogens (tertiary/aromatic N) is 1. The van der Waals surface area contributed by atoms with Crippen LogP contribution in [0.15, 0.2) is 48.5 Å². The molecular formula is C20H23NO2. The molecule has 1 aliphatic heterocycles. The van der Waals surface area contributed by atoms with E-state index in [1.807, 2.05) is 42.5 Å². The lowest BCUT2D eigenvalue weighted by Crippen LogP contribution is -2.29. The first-order valence-corrected chi connectivity index (χ1v) is 8.27. The highest BCUT2D eigenvalue weighted by Gasteiger charge is 2.19. The van der Waals surface area contributed by atoms with Crippen LogP contribution in [0.2, 0.25) is 0 Å². The fourth-order valence-electron chi connectivity index (χ4n) is 3.22. The Hall–Kier alpha value is -2.13. The van der Waals surface area contributed by atoms with Gasteiger partial charge >= 0.3 is 0 Å². The van der Waals surface area contributed by atoms with E-state index in [1.165, 1.54) is 19.3 Å². The van der Waals surface area contributed by atoms with Crippen molar-refractivity contribution in [3.8, 4) is 5.75 Å². The smallest absolute Gasteiger partial charge is 0.197 e. The molecule has 23 heavy (non-hydrogen) atoms. The Morgan fingerprint density at radius 3 is 2.35 bits per heavy atom. The predicted octanol–water partition coefficient (Wildman–Crippen LogP) is 3.91. The summed E-state index contributed by atoms with van der Waals surface area (Å²) >= 11 is 0. The maximum atomic E-state index is 13.0. The average molecular weight is 309 g/mol. The van der Waals surface area contributed by atoms with Crippen LogP contribution in [0.3, 0.4) is 0 Å². The number of likely N-dealkylation sites (tertiary alicyclic amines) is 1. The zero-order valence-electron chi connectivity index (χ0n) is 13.6. The Morgan fingerprint density at radius 1 is 0.957 bits per heavy atom. The van der Waals surface area contributed by atoms with Gasteiger partial charge in [0.1, 0.15) is 5.75 Å². The number of ketones is 1. The normalized spacial score (nSPS) is 15.3. The topological polar surface area (TPSA) is 29.5 Å². The van der Waals surface area contributed by atoms with Gasteiger partial charge in [0, 0.05) is 12.1 Å². The molecule has 1 aliphatic rings. The van der Waals surface area contributed by atoms with Crippen molar-refractivity contribution in [2.45, 2.75) is 25.8 Å². The molecule has 2 aromatic carbocycles. The predicted molar refractivity (Wildman–Crippen MR) is 92.0 cm³/mol. The highest BCUT2D eigenvalue weighted by Crippen LogP contribution is 2.24. The van der Waals surface area contributed by atoms with E-state index in [1.54, 1.807) is 7.11 Å². The molecule has 0 unspecified atom stereocenters. The molecule has 120 valence electrons. The number of benzene rings is 2. The number of carbonyl (C=O) groups excluding carboxylic acids is 1. The Labute approximate surface area is 137 Å². The summed E-state index contributed by atoms with van der Waals surface area (Å²) in [6, 6.07) is 15.4. The van der Waals surface area contributed by atoms with Crippen LogP contribution in [0.1, 0.15) is 40.7 Å². The molecule has 0 spiro atoms. The minimum atomic E-state index is 0.0371. The molecule has 2 aromatic rings. The van der Waals surface area contributed by atoms with E-state index in [4.69, 9.17) is 4.74 Å². The number of carbonyl (C=O) groups is 1. The van der Waals surface area contributed by atoms with E-state index < -0.39 is 0 Å². The van der Waals surface area contributed by atoms with Crippen molar-refractivity contribution in [1.82, 2.24) is 4.90 Å². The van der Waals surface area contributed by atoms with Crippen LogP contribution in [0.25, 0.3) is 0 Å². The van der Waals surface area contributed by atoms with Crippen LogP contribution in [0.5, 0.6) is 5.75 Å². The summed E-state index contributed by atoms with van der Waals surface area (Å²) in [5, 5.41) is 0. The van der Waals surface area contributed by atoms with Gasteiger partial charge < -0.3 is 4.74 Å². The third kappa shape index (κ3) is 3.62. The Morgan fingerprint density at radius 2 is 1.61 bits per heavy atom. The molecule has 0 N–H and O–H groups in total. The van der Waals surface area contributed by atoms with Crippen LogP contribution in [-0.4, -0.2) is 30.9 Å². The Kier molecular flexibility index (Phi) is 5.09. The molecule has 0 amide bonds. The van der Waals surface area contributed by atoms with Crippen LogP contribution in [-0.2, 0) is 6.54 Å². The van der Waals surface area contributed by atoms with Crippen molar-refractivity contribution in [2.75, 3.05) is 20.2 Å². The quantitative estimate of drug-likeness (QED) is 0.784. The molecule has 1 fully saturated rings. The zero-order chi connectivity index (χ0) is 16.1. The number of piperidine rings is 1. The summed E-state index contributed by atoms with van der Waals surface area (Å²) in [7, 11) is 1.60. The van der Waals surface area contributed by atoms with Gasteiger partial charge in [0.15, 0.2) is 5.78 Å². The molecule has 0 aliphatic carbocycles. The molecule has 0 radical (unpaired) electrons. The van der Waals surface area contributed by atoms with Gasteiger partial charge in [0.05, 0.1) is 12.7 Å². The van der Waals surface area contributed by atoms with E-state index in [-0.39, 0.29) is 5.78 Å². The van der Waals surface area contributed by atoms with Crippen LogP contribution in [0.4, 0.5) is 0 Å². The first-order valence-electron chi connectivity index (χ1n) is 8.27. The SMILES string of the molecule is COc1ccccc1C(=O)c1ccccc1CN1CCCCC1. The molecular weight excluding hydrogens is 286 g/mol. The van der Waals surface area contributed by atoms with Crippen molar-refractivity contribution < 1.29 is 9.53 Å². The van der Waals surface area contributed by atoms with E-state index in [0.717, 1.165) is 30.8 Å². The zero-order valence-corrected chi connectivity index (χ0v) is 13.6. The molecule has 0 saturated carbocycles. The van der Waals surface area contributed by atoms with Gasteiger partial charge in [-0.1, -0.05) is 42.8 Å². The first-order chi connectivity index (χ1) is 11.3. The lowest BCUT2D eigenvalue weighted by molar-refractivity contribution is 0.103. The minimum absolute atomic E-state index is 0.0371. The molecule has 3 nitrogen and oxygen atoms in total. The Bertz CT molecular complexity index is 675. The van der Waals surface area contributed by atoms with E-state index in [0.29, 0.717) is 11.3 Å². The second-order valence-corrected chi connectivity index (χ2v) is 6.02. The van der Waals surface area contributed by atoms with Gasteiger partial charge in [0.25, 0.3) is 0 Å². The van der Waals surface area contributed by atoms with Crippen molar-refractivity contribution in [3.63, 3.8) is 0 Å². The van der Waals surface area contributed by atoms with Gasteiger partial charge in [0.2, 0.25) is 0 Å². The summed E-state index contributed by atoms with van der Waals surface area (Å²) in [6.07, 6.45) is 3.82. The van der Waals surface area contributed by atoms with Gasteiger partial charge in [-0.2, -0.15) is 0 Å². The lowest BCUT2D eigenvalue weighted by Gasteiger charge is -2.27. The van der Waals surface area contributed by atoms with Crippen LogP contribution >= 0.6 is 0 Å². The number of rotatable bonds is 5. The summed E-state index contributed by atoms with van der Waals surface area (Å²) < 4.78 is 5.35. The number of hydrogen-bond acceptors (Lipinski definition) is 3. The van der Waals surface area contributed by atoms with E-state index >= 15 is 0 Å². The summed E-state index contributed by atoms with van der Waals surface area (Å²) in [6.45, 7) is 3.09. The monoisotopic (exact) mass is 309 g/mol. The Balaban J connectivity index is 1.88. The number of para-hydroxylation sites is 1. The van der Waals surface area contributed by atoms with Crippen LogP contribution in [0, 0.1) is 0 Å². The fraction of sp³-hybridized carbons (Fsp3) is 0.350. The molecule has 3 heteroatoms. The lowest BCUT2D eigenvalue weighted by atomic mass is 9.97. The summed E-state index contributed by atoms with van der Waals surface area (Å²) in [4.78, 5) is 15.4. The molecule has 1 saturated heterocycles. The third-order valence-electron chi connectivity index (χ3n) is 4.46. The summed E-state index contributed by atoms with van der Waals surface area (Å²) in [5.41, 5.74) is 2.51. The third-order valence-corrected chi connectivity index (χ3v) is 4.46. The van der Waals surface area contributed by atoms with Gasteiger partial charge in [-0.3, -0.25) is 9.69 Å². The summed E-state index contributed by atoms with van der Waals surface area (Å²) in [5.74, 6) is 0.667.